The van der Waals surface area contributed by atoms with E-state index in [-0.39, 0.29) is 11.8 Å². The van der Waals surface area contributed by atoms with E-state index >= 15 is 0 Å². The van der Waals surface area contributed by atoms with Gasteiger partial charge in [0.05, 0.1) is 11.4 Å². The molecule has 1 aliphatic heterocycles. The molecule has 0 radical (unpaired) electrons. The smallest absolute Gasteiger partial charge is 0.226 e. The standard InChI is InChI=1S/C15H19N7O/c23-14(11-2-3-12-13(10-11)19-20-18-12)21-6-8-22(9-7-21)15-16-4-1-5-17-15/h1,4-5,11H,2-3,6-10H2,(H,18,19,20). The minimum atomic E-state index is 0.0344. The first kappa shape index (κ1) is 14.1. The molecule has 8 heteroatoms. The molecule has 23 heavy (non-hydrogen) atoms. The van der Waals surface area contributed by atoms with Gasteiger partial charge in [0.2, 0.25) is 11.9 Å². The number of nitrogens with zero attached hydrogens (tertiary/aromatic N) is 6. The van der Waals surface area contributed by atoms with Crippen molar-refractivity contribution in [1.29, 1.82) is 0 Å². The normalized spacial score (nSPS) is 21.1. The van der Waals surface area contributed by atoms with Crippen LogP contribution in [-0.2, 0) is 17.6 Å². The van der Waals surface area contributed by atoms with Gasteiger partial charge in [0, 0.05) is 50.9 Å². The number of carbonyl (C=O) groups excluding carboxylic acids is 1. The van der Waals surface area contributed by atoms with E-state index < -0.39 is 0 Å². The summed E-state index contributed by atoms with van der Waals surface area (Å²) in [7, 11) is 0. The van der Waals surface area contributed by atoms with Gasteiger partial charge in [0.1, 0.15) is 0 Å². The maximum Gasteiger partial charge on any atom is 0.226 e. The molecule has 8 nitrogen and oxygen atoms in total. The highest BCUT2D eigenvalue weighted by atomic mass is 16.2. The minimum Gasteiger partial charge on any atom is -0.339 e. The maximum absolute atomic E-state index is 12.7. The number of anilines is 1. The molecule has 0 bridgehead atoms. The Labute approximate surface area is 133 Å². The Bertz CT molecular complexity index is 678. The molecule has 2 aliphatic rings. The van der Waals surface area contributed by atoms with E-state index in [2.05, 4.69) is 30.3 Å². The summed E-state index contributed by atoms with van der Waals surface area (Å²) in [5.74, 6) is 1.02. The van der Waals surface area contributed by atoms with Crippen molar-refractivity contribution >= 4 is 11.9 Å². The summed E-state index contributed by atoms with van der Waals surface area (Å²) >= 11 is 0. The van der Waals surface area contributed by atoms with Crippen LogP contribution in [0.25, 0.3) is 0 Å². The number of hydrogen-bond acceptors (Lipinski definition) is 6. The van der Waals surface area contributed by atoms with E-state index in [4.69, 9.17) is 0 Å². The topological polar surface area (TPSA) is 90.9 Å². The predicted octanol–water partition coefficient (Wildman–Crippen LogP) is 0.0484. The SMILES string of the molecule is O=C(C1CCc2n[nH]nc2C1)N1CCN(c2ncccn2)CC1. The molecular formula is C15H19N7O. The molecule has 0 saturated carbocycles. The van der Waals surface area contributed by atoms with Crippen LogP contribution in [0.2, 0.25) is 0 Å². The third-order valence-electron chi connectivity index (χ3n) is 4.65. The molecule has 0 aromatic carbocycles. The Morgan fingerprint density at radius 3 is 2.61 bits per heavy atom. The monoisotopic (exact) mass is 313 g/mol. The van der Waals surface area contributed by atoms with Gasteiger partial charge in [-0.15, -0.1) is 0 Å². The lowest BCUT2D eigenvalue weighted by Gasteiger charge is -2.36. The second kappa shape index (κ2) is 5.94. The predicted molar refractivity (Wildman–Crippen MR) is 82.7 cm³/mol. The van der Waals surface area contributed by atoms with E-state index in [0.717, 1.165) is 56.4 Å². The van der Waals surface area contributed by atoms with Crippen molar-refractivity contribution in [3.05, 3.63) is 29.8 Å². The van der Waals surface area contributed by atoms with Gasteiger partial charge < -0.3 is 9.80 Å². The Kier molecular flexibility index (Phi) is 3.64. The van der Waals surface area contributed by atoms with Gasteiger partial charge in [-0.25, -0.2) is 9.97 Å². The van der Waals surface area contributed by atoms with E-state index in [0.29, 0.717) is 6.42 Å². The number of rotatable bonds is 2. The average molecular weight is 313 g/mol. The Hall–Kier alpha value is -2.51. The van der Waals surface area contributed by atoms with Crippen molar-refractivity contribution in [2.24, 2.45) is 5.92 Å². The summed E-state index contributed by atoms with van der Waals surface area (Å²) in [6, 6.07) is 1.81. The third kappa shape index (κ3) is 2.76. The summed E-state index contributed by atoms with van der Waals surface area (Å²) in [6.07, 6.45) is 5.89. The molecule has 4 rings (SSSR count). The van der Waals surface area contributed by atoms with Crippen molar-refractivity contribution < 1.29 is 4.79 Å². The highest BCUT2D eigenvalue weighted by molar-refractivity contribution is 5.79. The van der Waals surface area contributed by atoms with Crippen molar-refractivity contribution in [3.8, 4) is 0 Å². The number of aromatic amines is 1. The fourth-order valence-corrected chi connectivity index (χ4v) is 3.34. The first-order valence-electron chi connectivity index (χ1n) is 8.00. The van der Waals surface area contributed by atoms with Crippen LogP contribution in [0, 0.1) is 5.92 Å². The van der Waals surface area contributed by atoms with E-state index in [1.165, 1.54) is 0 Å². The average Bonchev–Trinajstić information content (AvgIpc) is 3.10. The number of nitrogens with one attached hydrogen (secondary N) is 1. The van der Waals surface area contributed by atoms with Crippen LogP contribution in [0.1, 0.15) is 17.8 Å². The number of amides is 1. The lowest BCUT2D eigenvalue weighted by Crippen LogP contribution is -2.51. The maximum atomic E-state index is 12.7. The van der Waals surface area contributed by atoms with Gasteiger partial charge in [-0.2, -0.15) is 15.4 Å². The second-order valence-electron chi connectivity index (χ2n) is 6.02. The Morgan fingerprint density at radius 2 is 1.83 bits per heavy atom. The number of aromatic nitrogens is 5. The third-order valence-corrected chi connectivity index (χ3v) is 4.65. The Morgan fingerprint density at radius 1 is 1.09 bits per heavy atom. The van der Waals surface area contributed by atoms with Gasteiger partial charge in [-0.3, -0.25) is 4.79 Å². The lowest BCUT2D eigenvalue weighted by molar-refractivity contribution is -0.136. The lowest BCUT2D eigenvalue weighted by atomic mass is 9.88. The summed E-state index contributed by atoms with van der Waals surface area (Å²) in [4.78, 5) is 25.4. The van der Waals surface area contributed by atoms with Gasteiger partial charge in [0.15, 0.2) is 0 Å². The quantitative estimate of drug-likeness (QED) is 0.842. The highest BCUT2D eigenvalue weighted by Crippen LogP contribution is 2.24. The zero-order chi connectivity index (χ0) is 15.6. The zero-order valence-corrected chi connectivity index (χ0v) is 12.9. The molecule has 1 saturated heterocycles. The van der Waals surface area contributed by atoms with Gasteiger partial charge in [-0.05, 0) is 18.9 Å². The number of aryl methyl sites for hydroxylation is 1. The van der Waals surface area contributed by atoms with Crippen LogP contribution in [0.3, 0.4) is 0 Å². The molecule has 1 amide bonds. The van der Waals surface area contributed by atoms with Gasteiger partial charge in [-0.1, -0.05) is 0 Å². The first-order valence-corrected chi connectivity index (χ1v) is 8.00. The molecular weight excluding hydrogens is 294 g/mol. The molecule has 1 N–H and O–H groups in total. The van der Waals surface area contributed by atoms with Crippen LogP contribution in [-0.4, -0.2) is 62.4 Å². The molecule has 2 aromatic rings. The van der Waals surface area contributed by atoms with Crippen LogP contribution in [0.4, 0.5) is 5.95 Å². The van der Waals surface area contributed by atoms with Crippen molar-refractivity contribution in [1.82, 2.24) is 30.3 Å². The number of fused-ring (bicyclic) bond motifs is 1. The summed E-state index contributed by atoms with van der Waals surface area (Å²) in [6.45, 7) is 2.99. The fourth-order valence-electron chi connectivity index (χ4n) is 3.34. The number of carbonyl (C=O) groups is 1. The number of H-pyrrole nitrogens is 1. The molecule has 1 fully saturated rings. The van der Waals surface area contributed by atoms with Crippen LogP contribution in [0.15, 0.2) is 18.5 Å². The zero-order valence-electron chi connectivity index (χ0n) is 12.9. The molecule has 120 valence electrons. The second-order valence-corrected chi connectivity index (χ2v) is 6.02. The molecule has 0 spiro atoms. The molecule has 1 atom stereocenters. The molecule has 1 unspecified atom stereocenters. The van der Waals surface area contributed by atoms with Gasteiger partial charge in [0.25, 0.3) is 0 Å². The van der Waals surface area contributed by atoms with E-state index in [1.54, 1.807) is 12.4 Å². The van der Waals surface area contributed by atoms with Gasteiger partial charge >= 0.3 is 0 Å². The van der Waals surface area contributed by atoms with E-state index in [9.17, 15) is 4.79 Å². The van der Waals surface area contributed by atoms with Crippen molar-refractivity contribution in [2.45, 2.75) is 19.3 Å². The Balaban J connectivity index is 1.36. The van der Waals surface area contributed by atoms with Crippen molar-refractivity contribution in [3.63, 3.8) is 0 Å². The number of piperazine rings is 1. The molecule has 3 heterocycles. The summed E-state index contributed by atoms with van der Waals surface area (Å²) in [5.41, 5.74) is 1.96. The first-order chi connectivity index (χ1) is 11.3. The minimum absolute atomic E-state index is 0.0344. The van der Waals surface area contributed by atoms with Crippen LogP contribution >= 0.6 is 0 Å². The molecule has 2 aromatic heterocycles. The van der Waals surface area contributed by atoms with Crippen LogP contribution in [0.5, 0.6) is 0 Å². The van der Waals surface area contributed by atoms with Crippen molar-refractivity contribution in [2.75, 3.05) is 31.1 Å². The van der Waals surface area contributed by atoms with Crippen LogP contribution < -0.4 is 4.90 Å². The highest BCUT2D eigenvalue weighted by Gasteiger charge is 2.32. The van der Waals surface area contributed by atoms with E-state index in [1.807, 2.05) is 11.0 Å². The largest absolute Gasteiger partial charge is 0.339 e. The molecule has 1 aliphatic carbocycles. The summed E-state index contributed by atoms with van der Waals surface area (Å²) < 4.78 is 0. The fraction of sp³-hybridized carbons (Fsp3) is 0.533. The summed E-state index contributed by atoms with van der Waals surface area (Å²) in [5, 5.41) is 10.9. The number of hydrogen-bond donors (Lipinski definition) is 1.